The van der Waals surface area contributed by atoms with Crippen molar-refractivity contribution in [1.82, 2.24) is 0 Å². The molecule has 6 atom stereocenters. The number of aliphatic hydroxyl groups excluding tert-OH is 1. The summed E-state index contributed by atoms with van der Waals surface area (Å²) in [6.45, 7) is 14.0. The number of carbonyl (C=O) groups is 4. The number of phosphoric acid groups is 2. The van der Waals surface area contributed by atoms with Crippen molar-refractivity contribution in [3.8, 4) is 0 Å². The zero-order chi connectivity index (χ0) is 63.9. The molecular weight excluding hydrogens is 1140 g/mol. The number of esters is 4. The van der Waals surface area contributed by atoms with Crippen LogP contribution in [-0.4, -0.2) is 96.7 Å². The summed E-state index contributed by atoms with van der Waals surface area (Å²) in [5, 5.41) is 10.6. The first kappa shape index (κ1) is 84.1. The summed E-state index contributed by atoms with van der Waals surface area (Å²) in [7, 11) is -9.90. The summed E-state index contributed by atoms with van der Waals surface area (Å²) in [6, 6.07) is 0. The smallest absolute Gasteiger partial charge is 0.462 e. The number of aliphatic hydroxyl groups is 1. The van der Waals surface area contributed by atoms with Gasteiger partial charge in [0.2, 0.25) is 0 Å². The summed E-state index contributed by atoms with van der Waals surface area (Å²) in [4.78, 5) is 72.3. The van der Waals surface area contributed by atoms with Gasteiger partial charge in [-0.3, -0.25) is 37.3 Å². The standard InChI is InChI=1S/C67H130O17P2/c1-9-60(8)46-38-30-25-26-32-40-48-65(70)78-54-63(83-66(71)49-41-33-22-16-14-12-10-11-13-15-19-27-35-43-57(2)3)56-82-86(75,76)80-52-61(68)51-79-85(73,74)81-55-62(84-67(72)50-42-34-24-18-21-29-37-45-59(6)7)53-77-64(69)47-39-31-23-17-20-28-36-44-58(4)5/h57-63,68H,9-56H2,1-8H3,(H,73,74)(H,75,76)/t60?,61-,62-,63-/m1/s1. The molecule has 86 heavy (non-hydrogen) atoms. The van der Waals surface area contributed by atoms with Crippen LogP contribution in [0.5, 0.6) is 0 Å². The summed E-state index contributed by atoms with van der Waals surface area (Å²) < 4.78 is 68.1. The van der Waals surface area contributed by atoms with Crippen LogP contribution in [-0.2, 0) is 65.4 Å². The number of unbranched alkanes of at least 4 members (excludes halogenated alkanes) is 29. The van der Waals surface area contributed by atoms with E-state index in [1.807, 2.05) is 0 Å². The average molecular weight is 1270 g/mol. The van der Waals surface area contributed by atoms with Crippen molar-refractivity contribution in [2.75, 3.05) is 39.6 Å². The maximum absolute atomic E-state index is 13.0. The number of phosphoric ester groups is 2. The Labute approximate surface area is 524 Å². The van der Waals surface area contributed by atoms with Gasteiger partial charge in [-0.1, -0.05) is 274 Å². The largest absolute Gasteiger partial charge is 0.472 e. The molecule has 0 aromatic carbocycles. The average Bonchev–Trinajstić information content (AvgIpc) is 3.62. The van der Waals surface area contributed by atoms with E-state index in [0.29, 0.717) is 37.5 Å². The second-order valence-corrected chi connectivity index (χ2v) is 28.8. The molecule has 0 bridgehead atoms. The number of ether oxygens (including phenoxy) is 4. The Bertz CT molecular complexity index is 1720. The number of carbonyl (C=O) groups excluding carboxylic acids is 4. The van der Waals surface area contributed by atoms with Crippen LogP contribution in [0.25, 0.3) is 0 Å². The van der Waals surface area contributed by atoms with Gasteiger partial charge in [-0.15, -0.1) is 0 Å². The fraction of sp³-hybridized carbons (Fsp3) is 0.940. The van der Waals surface area contributed by atoms with Crippen molar-refractivity contribution in [2.45, 2.75) is 343 Å². The van der Waals surface area contributed by atoms with Gasteiger partial charge in [-0.25, -0.2) is 9.13 Å². The fourth-order valence-corrected chi connectivity index (χ4v) is 11.5. The maximum Gasteiger partial charge on any atom is 0.472 e. The summed E-state index contributed by atoms with van der Waals surface area (Å²) in [5.74, 6) is 0.781. The third-order valence-corrected chi connectivity index (χ3v) is 17.6. The van der Waals surface area contributed by atoms with Gasteiger partial charge in [-0.2, -0.15) is 0 Å². The molecule has 3 N–H and O–H groups in total. The van der Waals surface area contributed by atoms with E-state index in [-0.39, 0.29) is 25.7 Å². The van der Waals surface area contributed by atoms with Gasteiger partial charge < -0.3 is 33.8 Å². The Morgan fingerprint density at radius 3 is 0.826 bits per heavy atom. The second-order valence-electron chi connectivity index (χ2n) is 25.9. The maximum atomic E-state index is 13.0. The normalized spacial score (nSPS) is 14.7. The van der Waals surface area contributed by atoms with E-state index in [1.54, 1.807) is 0 Å². The summed E-state index contributed by atoms with van der Waals surface area (Å²) in [6.07, 6.45) is 37.8. The van der Waals surface area contributed by atoms with Crippen molar-refractivity contribution in [3.63, 3.8) is 0 Å². The number of rotatable bonds is 64. The molecule has 0 fully saturated rings. The van der Waals surface area contributed by atoms with Crippen LogP contribution in [0, 0.1) is 23.7 Å². The van der Waals surface area contributed by atoms with E-state index < -0.39 is 97.5 Å². The fourth-order valence-electron chi connectivity index (χ4n) is 9.93. The minimum atomic E-state index is -4.95. The first-order valence-corrected chi connectivity index (χ1v) is 37.7. The van der Waals surface area contributed by atoms with Crippen molar-refractivity contribution < 1.29 is 80.2 Å². The van der Waals surface area contributed by atoms with Gasteiger partial charge >= 0.3 is 39.5 Å². The van der Waals surface area contributed by atoms with Crippen molar-refractivity contribution >= 4 is 39.5 Å². The molecule has 0 saturated carbocycles. The highest BCUT2D eigenvalue weighted by molar-refractivity contribution is 7.47. The monoisotopic (exact) mass is 1270 g/mol. The molecule has 19 heteroatoms. The Kier molecular flexibility index (Phi) is 55.7. The summed E-state index contributed by atoms with van der Waals surface area (Å²) in [5.41, 5.74) is 0. The number of hydrogen-bond donors (Lipinski definition) is 3. The molecule has 0 aliphatic heterocycles. The lowest BCUT2D eigenvalue weighted by Gasteiger charge is -2.21. The highest BCUT2D eigenvalue weighted by Gasteiger charge is 2.30. The van der Waals surface area contributed by atoms with E-state index in [2.05, 4.69) is 55.4 Å². The van der Waals surface area contributed by atoms with Crippen LogP contribution in [0.3, 0.4) is 0 Å². The van der Waals surface area contributed by atoms with Gasteiger partial charge in [0.25, 0.3) is 0 Å². The van der Waals surface area contributed by atoms with E-state index in [9.17, 15) is 43.2 Å². The molecule has 0 amide bonds. The minimum absolute atomic E-state index is 0.102. The Balaban J connectivity index is 5.23. The molecule has 0 aromatic rings. The second kappa shape index (κ2) is 57.0. The first-order chi connectivity index (χ1) is 41.1. The molecule has 0 aliphatic carbocycles. The van der Waals surface area contributed by atoms with Crippen molar-refractivity contribution in [3.05, 3.63) is 0 Å². The van der Waals surface area contributed by atoms with E-state index in [4.69, 9.17) is 37.0 Å². The van der Waals surface area contributed by atoms with E-state index in [1.165, 1.54) is 116 Å². The van der Waals surface area contributed by atoms with Crippen molar-refractivity contribution in [2.24, 2.45) is 23.7 Å². The Hall–Kier alpha value is -1.94. The van der Waals surface area contributed by atoms with E-state index in [0.717, 1.165) is 115 Å². The summed E-state index contributed by atoms with van der Waals surface area (Å²) >= 11 is 0. The molecule has 0 heterocycles. The minimum Gasteiger partial charge on any atom is -0.462 e. The van der Waals surface area contributed by atoms with Gasteiger partial charge in [0.15, 0.2) is 12.2 Å². The molecule has 510 valence electrons. The van der Waals surface area contributed by atoms with Crippen molar-refractivity contribution in [1.29, 1.82) is 0 Å². The SMILES string of the molecule is CCC(C)CCCCCCCCC(=O)OC[C@H](COP(=O)(O)OC[C@H](O)COP(=O)(O)OC[C@@H](COC(=O)CCCCCCCCCC(C)C)OC(=O)CCCCCCCCCC(C)C)OC(=O)CCCCCCCCCCCCCCCC(C)C. The Morgan fingerprint density at radius 2 is 0.558 bits per heavy atom. The van der Waals surface area contributed by atoms with Gasteiger partial charge in [0, 0.05) is 25.7 Å². The molecule has 3 unspecified atom stereocenters. The zero-order valence-electron chi connectivity index (χ0n) is 55.9. The topological polar surface area (TPSA) is 237 Å². The molecule has 0 spiro atoms. The zero-order valence-corrected chi connectivity index (χ0v) is 57.7. The lowest BCUT2D eigenvalue weighted by Crippen LogP contribution is -2.30. The van der Waals surface area contributed by atoms with Crippen LogP contribution >= 0.6 is 15.6 Å². The van der Waals surface area contributed by atoms with Crippen LogP contribution in [0.2, 0.25) is 0 Å². The molecule has 0 aromatic heterocycles. The lowest BCUT2D eigenvalue weighted by atomic mass is 10.00. The van der Waals surface area contributed by atoms with Crippen LogP contribution < -0.4 is 0 Å². The molecular formula is C67H130O17P2. The number of hydrogen-bond acceptors (Lipinski definition) is 15. The highest BCUT2D eigenvalue weighted by Crippen LogP contribution is 2.45. The van der Waals surface area contributed by atoms with Crippen LogP contribution in [0.4, 0.5) is 0 Å². The van der Waals surface area contributed by atoms with Gasteiger partial charge in [-0.05, 0) is 49.4 Å². The molecule has 0 aliphatic rings. The first-order valence-electron chi connectivity index (χ1n) is 34.7. The lowest BCUT2D eigenvalue weighted by molar-refractivity contribution is -0.161. The van der Waals surface area contributed by atoms with Crippen LogP contribution in [0.1, 0.15) is 325 Å². The third-order valence-electron chi connectivity index (χ3n) is 15.7. The molecule has 0 saturated heterocycles. The molecule has 0 rings (SSSR count). The quantitative estimate of drug-likeness (QED) is 0.0222. The third kappa shape index (κ3) is 59.7. The predicted molar refractivity (Wildman–Crippen MR) is 344 cm³/mol. The highest BCUT2D eigenvalue weighted by atomic mass is 31.2. The van der Waals surface area contributed by atoms with Gasteiger partial charge in [0.05, 0.1) is 26.4 Å². The predicted octanol–water partition coefficient (Wildman–Crippen LogP) is 18.5. The molecule has 0 radical (unpaired) electrons. The Morgan fingerprint density at radius 1 is 0.326 bits per heavy atom. The molecule has 17 nitrogen and oxygen atoms in total. The van der Waals surface area contributed by atoms with Gasteiger partial charge in [0.1, 0.15) is 19.3 Å². The van der Waals surface area contributed by atoms with E-state index >= 15 is 0 Å². The van der Waals surface area contributed by atoms with Crippen LogP contribution in [0.15, 0.2) is 0 Å².